The van der Waals surface area contributed by atoms with Crippen LogP contribution in [0.1, 0.15) is 31.4 Å². The Morgan fingerprint density at radius 2 is 2.11 bits per heavy atom. The zero-order valence-electron chi connectivity index (χ0n) is 11.5. The number of hydrogen-bond donors (Lipinski definition) is 1. The normalized spacial score (nSPS) is 17.9. The van der Waals surface area contributed by atoms with Gasteiger partial charge in [-0.05, 0) is 29.5 Å². The SMILES string of the molecule is Cc1cc(C2(C(C)(C)CC(=O)O)COC2)ccc1F. The molecular weight excluding hydrogens is 247 g/mol. The highest BCUT2D eigenvalue weighted by Crippen LogP contribution is 2.49. The minimum atomic E-state index is -0.824. The number of rotatable bonds is 4. The summed E-state index contributed by atoms with van der Waals surface area (Å²) in [5.74, 6) is -1.06. The summed E-state index contributed by atoms with van der Waals surface area (Å²) in [5.41, 5.74) is 0.754. The maximum atomic E-state index is 13.4. The minimum Gasteiger partial charge on any atom is -0.481 e. The number of benzene rings is 1. The van der Waals surface area contributed by atoms with Crippen LogP contribution in [0.4, 0.5) is 4.39 Å². The van der Waals surface area contributed by atoms with Gasteiger partial charge < -0.3 is 9.84 Å². The maximum absolute atomic E-state index is 13.4. The average Bonchev–Trinajstić information content (AvgIpc) is 2.19. The van der Waals surface area contributed by atoms with Crippen LogP contribution < -0.4 is 0 Å². The van der Waals surface area contributed by atoms with Crippen molar-refractivity contribution >= 4 is 5.97 Å². The third-order valence-corrected chi connectivity index (χ3v) is 4.30. The molecule has 0 atom stereocenters. The fourth-order valence-corrected chi connectivity index (χ4v) is 2.74. The first-order valence-corrected chi connectivity index (χ1v) is 6.35. The van der Waals surface area contributed by atoms with E-state index in [2.05, 4.69) is 0 Å². The summed E-state index contributed by atoms with van der Waals surface area (Å²) in [6.45, 7) is 6.55. The van der Waals surface area contributed by atoms with Crippen LogP contribution in [0.3, 0.4) is 0 Å². The van der Waals surface area contributed by atoms with E-state index in [1.165, 1.54) is 6.07 Å². The number of ether oxygens (including phenoxy) is 1. The fraction of sp³-hybridized carbons (Fsp3) is 0.533. The van der Waals surface area contributed by atoms with Gasteiger partial charge in [0.05, 0.1) is 19.6 Å². The highest BCUT2D eigenvalue weighted by Gasteiger charge is 2.52. The standard InChI is InChI=1S/C15H19FO3/c1-10-6-11(4-5-12(10)16)15(8-19-9-15)14(2,3)7-13(17)18/h4-6H,7-9H2,1-3H3,(H,17,18). The van der Waals surface area contributed by atoms with Crippen molar-refractivity contribution in [2.45, 2.75) is 32.6 Å². The van der Waals surface area contributed by atoms with Gasteiger partial charge in [-0.25, -0.2) is 4.39 Å². The number of aryl methyl sites for hydroxylation is 1. The molecule has 2 rings (SSSR count). The Hall–Kier alpha value is -1.42. The lowest BCUT2D eigenvalue weighted by Gasteiger charge is -2.52. The molecule has 19 heavy (non-hydrogen) atoms. The average molecular weight is 266 g/mol. The lowest BCUT2D eigenvalue weighted by Crippen LogP contribution is -2.57. The van der Waals surface area contributed by atoms with Gasteiger partial charge in [0, 0.05) is 5.41 Å². The van der Waals surface area contributed by atoms with Crippen LogP contribution in [0.25, 0.3) is 0 Å². The molecule has 0 aromatic heterocycles. The summed E-state index contributed by atoms with van der Waals surface area (Å²) in [6, 6.07) is 5.00. The Kier molecular flexibility index (Phi) is 3.39. The predicted molar refractivity (Wildman–Crippen MR) is 69.7 cm³/mol. The molecule has 104 valence electrons. The Morgan fingerprint density at radius 3 is 2.53 bits per heavy atom. The molecule has 0 saturated carbocycles. The number of hydrogen-bond acceptors (Lipinski definition) is 2. The smallest absolute Gasteiger partial charge is 0.303 e. The van der Waals surface area contributed by atoms with Crippen LogP contribution in [0.15, 0.2) is 18.2 Å². The first-order chi connectivity index (χ1) is 8.78. The van der Waals surface area contributed by atoms with Crippen LogP contribution in [0.5, 0.6) is 0 Å². The largest absolute Gasteiger partial charge is 0.481 e. The molecule has 1 saturated heterocycles. The van der Waals surface area contributed by atoms with Crippen molar-refractivity contribution in [1.82, 2.24) is 0 Å². The van der Waals surface area contributed by atoms with Gasteiger partial charge in [-0.2, -0.15) is 0 Å². The van der Waals surface area contributed by atoms with Gasteiger partial charge in [-0.15, -0.1) is 0 Å². The van der Waals surface area contributed by atoms with E-state index in [1.54, 1.807) is 19.1 Å². The molecule has 0 aliphatic carbocycles. The van der Waals surface area contributed by atoms with Crippen LogP contribution in [-0.2, 0) is 14.9 Å². The highest BCUT2D eigenvalue weighted by molar-refractivity contribution is 5.68. The first kappa shape index (κ1) is 14.0. The number of carboxylic acids is 1. The second kappa shape index (κ2) is 4.60. The van der Waals surface area contributed by atoms with Gasteiger partial charge in [0.2, 0.25) is 0 Å². The predicted octanol–water partition coefficient (Wildman–Crippen LogP) is 2.90. The number of carboxylic acid groups (broad SMARTS) is 1. The molecule has 1 aromatic rings. The Bertz CT molecular complexity index is 504. The number of aliphatic carboxylic acids is 1. The monoisotopic (exact) mass is 266 g/mol. The van der Waals surface area contributed by atoms with Crippen LogP contribution in [0.2, 0.25) is 0 Å². The number of halogens is 1. The van der Waals surface area contributed by atoms with Crippen molar-refractivity contribution in [1.29, 1.82) is 0 Å². The van der Waals surface area contributed by atoms with Gasteiger partial charge in [0.15, 0.2) is 0 Å². The summed E-state index contributed by atoms with van der Waals surface area (Å²) < 4.78 is 18.7. The highest BCUT2D eigenvalue weighted by atomic mass is 19.1. The van der Waals surface area contributed by atoms with E-state index in [1.807, 2.05) is 13.8 Å². The van der Waals surface area contributed by atoms with Crippen molar-refractivity contribution in [3.63, 3.8) is 0 Å². The quantitative estimate of drug-likeness (QED) is 0.911. The van der Waals surface area contributed by atoms with Gasteiger partial charge in [0.25, 0.3) is 0 Å². The van der Waals surface area contributed by atoms with E-state index in [0.717, 1.165) is 5.56 Å². The zero-order chi connectivity index (χ0) is 14.3. The molecule has 4 heteroatoms. The lowest BCUT2D eigenvalue weighted by molar-refractivity contribution is -0.151. The van der Waals surface area contributed by atoms with Crippen LogP contribution in [0, 0.1) is 18.2 Å². The van der Waals surface area contributed by atoms with Gasteiger partial charge in [-0.1, -0.05) is 26.0 Å². The van der Waals surface area contributed by atoms with E-state index in [4.69, 9.17) is 9.84 Å². The summed E-state index contributed by atoms with van der Waals surface area (Å²) >= 11 is 0. The third-order valence-electron chi connectivity index (χ3n) is 4.30. The van der Waals surface area contributed by atoms with E-state index in [9.17, 15) is 9.18 Å². The molecule has 0 radical (unpaired) electrons. The van der Waals surface area contributed by atoms with Crippen molar-refractivity contribution in [3.8, 4) is 0 Å². The molecule has 1 aliphatic heterocycles. The molecule has 1 aliphatic rings. The molecule has 1 fully saturated rings. The van der Waals surface area contributed by atoms with Crippen molar-refractivity contribution in [2.75, 3.05) is 13.2 Å². The maximum Gasteiger partial charge on any atom is 0.303 e. The van der Waals surface area contributed by atoms with Crippen LogP contribution in [-0.4, -0.2) is 24.3 Å². The summed E-state index contributed by atoms with van der Waals surface area (Å²) in [6.07, 6.45) is 0.0623. The van der Waals surface area contributed by atoms with E-state index >= 15 is 0 Å². The molecule has 0 spiro atoms. The molecule has 1 aromatic carbocycles. The second-order valence-electron chi connectivity index (χ2n) is 5.99. The van der Waals surface area contributed by atoms with E-state index < -0.39 is 11.4 Å². The van der Waals surface area contributed by atoms with Gasteiger partial charge >= 0.3 is 5.97 Å². The topological polar surface area (TPSA) is 46.5 Å². The first-order valence-electron chi connectivity index (χ1n) is 6.35. The third kappa shape index (κ3) is 2.25. The molecule has 0 unspecified atom stereocenters. The van der Waals surface area contributed by atoms with Crippen molar-refractivity contribution in [2.24, 2.45) is 5.41 Å². The molecule has 0 amide bonds. The van der Waals surface area contributed by atoms with Crippen molar-refractivity contribution in [3.05, 3.63) is 35.1 Å². The van der Waals surface area contributed by atoms with Gasteiger partial charge in [-0.3, -0.25) is 4.79 Å². The molecular formula is C15H19FO3. The molecule has 3 nitrogen and oxygen atoms in total. The molecule has 1 heterocycles. The number of carbonyl (C=O) groups is 1. The zero-order valence-corrected chi connectivity index (χ0v) is 11.5. The summed E-state index contributed by atoms with van der Waals surface area (Å²) in [5, 5.41) is 9.08. The fourth-order valence-electron chi connectivity index (χ4n) is 2.74. The van der Waals surface area contributed by atoms with E-state index in [-0.39, 0.29) is 17.7 Å². The van der Waals surface area contributed by atoms with E-state index in [0.29, 0.717) is 18.8 Å². The Labute approximate surface area is 112 Å². The minimum absolute atomic E-state index is 0.0623. The Morgan fingerprint density at radius 1 is 1.47 bits per heavy atom. The van der Waals surface area contributed by atoms with Crippen molar-refractivity contribution < 1.29 is 19.0 Å². The molecule has 1 N–H and O–H groups in total. The van der Waals surface area contributed by atoms with Gasteiger partial charge in [0.1, 0.15) is 5.82 Å². The Balaban J connectivity index is 2.42. The molecule has 0 bridgehead atoms. The second-order valence-corrected chi connectivity index (χ2v) is 5.99. The van der Waals surface area contributed by atoms with Crippen LogP contribution >= 0.6 is 0 Å². The summed E-state index contributed by atoms with van der Waals surface area (Å²) in [7, 11) is 0. The summed E-state index contributed by atoms with van der Waals surface area (Å²) in [4.78, 5) is 11.1. The lowest BCUT2D eigenvalue weighted by atomic mass is 9.59.